The number of anilines is 2. The number of nitrogens with zero attached hydrogens (tertiary/aromatic N) is 3. The lowest BCUT2D eigenvalue weighted by Gasteiger charge is -2.36. The molecule has 0 aliphatic carbocycles. The molecule has 1 saturated heterocycles. The summed E-state index contributed by atoms with van der Waals surface area (Å²) in [6, 6.07) is 11.3. The highest BCUT2D eigenvalue weighted by molar-refractivity contribution is 5.89. The zero-order chi connectivity index (χ0) is 17.6. The first-order valence-corrected chi connectivity index (χ1v) is 8.15. The van der Waals surface area contributed by atoms with Gasteiger partial charge in [-0.05, 0) is 18.2 Å². The lowest BCUT2D eigenvalue weighted by Crippen LogP contribution is -2.50. The fraction of sp³-hybridized carbons (Fsp3) is 0.333. The van der Waals surface area contributed by atoms with E-state index in [0.29, 0.717) is 24.7 Å². The van der Waals surface area contributed by atoms with Gasteiger partial charge in [-0.15, -0.1) is 0 Å². The van der Waals surface area contributed by atoms with Crippen LogP contribution in [0.5, 0.6) is 11.6 Å². The van der Waals surface area contributed by atoms with Gasteiger partial charge in [0.2, 0.25) is 5.88 Å². The molecule has 1 aromatic heterocycles. The summed E-state index contributed by atoms with van der Waals surface area (Å²) in [4.78, 5) is 20.5. The minimum absolute atomic E-state index is 0.119. The highest BCUT2D eigenvalue weighted by atomic mass is 16.5. The molecule has 7 heteroatoms. The number of carbonyl (C=O) groups is 1. The van der Waals surface area contributed by atoms with Crippen molar-refractivity contribution in [2.75, 3.05) is 50.6 Å². The smallest absolute Gasteiger partial charge is 0.322 e. The molecule has 3 rings (SSSR count). The molecule has 1 aromatic carbocycles. The van der Waals surface area contributed by atoms with Crippen molar-refractivity contribution in [3.63, 3.8) is 0 Å². The number of benzene rings is 1. The fourth-order valence-electron chi connectivity index (χ4n) is 2.82. The quantitative estimate of drug-likeness (QED) is 0.924. The zero-order valence-corrected chi connectivity index (χ0v) is 14.4. The van der Waals surface area contributed by atoms with E-state index in [2.05, 4.69) is 15.2 Å². The number of carbonyl (C=O) groups excluding carboxylic acids is 1. The van der Waals surface area contributed by atoms with Crippen LogP contribution in [0, 0.1) is 0 Å². The topological polar surface area (TPSA) is 66.9 Å². The van der Waals surface area contributed by atoms with Crippen LogP contribution in [0.2, 0.25) is 0 Å². The van der Waals surface area contributed by atoms with E-state index in [1.54, 1.807) is 37.4 Å². The number of pyridine rings is 1. The van der Waals surface area contributed by atoms with Gasteiger partial charge < -0.3 is 24.6 Å². The summed E-state index contributed by atoms with van der Waals surface area (Å²) in [6.07, 6.45) is 1.59. The molecule has 0 atom stereocenters. The molecule has 1 N–H and O–H groups in total. The highest BCUT2D eigenvalue weighted by Gasteiger charge is 2.22. The first kappa shape index (κ1) is 16.9. The number of methoxy groups -OCH3 is 2. The number of para-hydroxylation sites is 2. The molecule has 2 aromatic rings. The average Bonchev–Trinajstić information content (AvgIpc) is 2.68. The van der Waals surface area contributed by atoms with Crippen LogP contribution in [-0.4, -0.2) is 56.3 Å². The number of ether oxygens (including phenoxy) is 2. The summed E-state index contributed by atoms with van der Waals surface area (Å²) in [5.41, 5.74) is 1.71. The van der Waals surface area contributed by atoms with Crippen LogP contribution >= 0.6 is 0 Å². The lowest BCUT2D eigenvalue weighted by molar-refractivity contribution is 0.208. The Balaban J connectivity index is 1.57. The molecule has 132 valence electrons. The molecular formula is C18H22N4O3. The number of aromatic nitrogens is 1. The van der Waals surface area contributed by atoms with E-state index in [1.165, 1.54) is 0 Å². The largest absolute Gasteiger partial charge is 0.495 e. The summed E-state index contributed by atoms with van der Waals surface area (Å²) in [7, 11) is 3.23. The van der Waals surface area contributed by atoms with Crippen LogP contribution < -0.4 is 19.7 Å². The Morgan fingerprint density at radius 1 is 1.04 bits per heavy atom. The molecule has 2 amide bonds. The van der Waals surface area contributed by atoms with Gasteiger partial charge in [-0.3, -0.25) is 0 Å². The van der Waals surface area contributed by atoms with E-state index in [0.717, 1.165) is 24.5 Å². The molecule has 0 radical (unpaired) electrons. The summed E-state index contributed by atoms with van der Waals surface area (Å²) in [5.74, 6) is 1.37. The number of hydrogen-bond acceptors (Lipinski definition) is 5. The van der Waals surface area contributed by atoms with E-state index in [1.807, 2.05) is 24.3 Å². The molecule has 0 spiro atoms. The molecule has 0 bridgehead atoms. The van der Waals surface area contributed by atoms with Crippen LogP contribution in [-0.2, 0) is 0 Å². The number of rotatable bonds is 4. The van der Waals surface area contributed by atoms with E-state index >= 15 is 0 Å². The normalized spacial score (nSPS) is 14.2. The predicted octanol–water partition coefficient (Wildman–Crippen LogP) is 2.45. The van der Waals surface area contributed by atoms with Gasteiger partial charge in [-0.1, -0.05) is 12.1 Å². The zero-order valence-electron chi connectivity index (χ0n) is 14.4. The second kappa shape index (κ2) is 7.74. The molecule has 1 aliphatic heterocycles. The maximum Gasteiger partial charge on any atom is 0.322 e. The molecule has 1 fully saturated rings. The third-order valence-corrected chi connectivity index (χ3v) is 4.19. The molecule has 1 aliphatic rings. The van der Waals surface area contributed by atoms with Crippen LogP contribution in [0.1, 0.15) is 0 Å². The molecule has 7 nitrogen and oxygen atoms in total. The van der Waals surface area contributed by atoms with Crippen molar-refractivity contribution >= 4 is 17.4 Å². The van der Waals surface area contributed by atoms with Crippen molar-refractivity contribution in [2.45, 2.75) is 0 Å². The van der Waals surface area contributed by atoms with Gasteiger partial charge in [0.15, 0.2) is 0 Å². The van der Waals surface area contributed by atoms with Crippen molar-refractivity contribution in [2.24, 2.45) is 0 Å². The molecule has 0 saturated carbocycles. The number of nitrogens with one attached hydrogen (secondary N) is 1. The molecular weight excluding hydrogens is 320 g/mol. The second-order valence-electron chi connectivity index (χ2n) is 5.67. The Kier molecular flexibility index (Phi) is 5.23. The number of piperazine rings is 1. The van der Waals surface area contributed by atoms with Crippen LogP contribution in [0.15, 0.2) is 42.6 Å². The minimum Gasteiger partial charge on any atom is -0.495 e. The third kappa shape index (κ3) is 3.93. The number of urea groups is 1. The Hall–Kier alpha value is -2.96. The van der Waals surface area contributed by atoms with E-state index < -0.39 is 0 Å². The van der Waals surface area contributed by atoms with Gasteiger partial charge in [0.1, 0.15) is 5.75 Å². The Morgan fingerprint density at radius 2 is 1.80 bits per heavy atom. The summed E-state index contributed by atoms with van der Waals surface area (Å²) in [5, 5.41) is 2.87. The van der Waals surface area contributed by atoms with Gasteiger partial charge >= 0.3 is 6.03 Å². The average molecular weight is 342 g/mol. The standard InChI is InChI=1S/C18H22N4O3/c1-24-16-6-4-3-5-15(16)21-9-11-22(12-10-21)18(23)20-14-7-8-17(25-2)19-13-14/h3-8,13H,9-12H2,1-2H3,(H,20,23). The van der Waals surface area contributed by atoms with Gasteiger partial charge in [-0.2, -0.15) is 0 Å². The van der Waals surface area contributed by atoms with Crippen LogP contribution in [0.25, 0.3) is 0 Å². The van der Waals surface area contributed by atoms with Gasteiger partial charge in [0.25, 0.3) is 0 Å². The minimum atomic E-state index is -0.119. The molecule has 25 heavy (non-hydrogen) atoms. The molecule has 2 heterocycles. The third-order valence-electron chi connectivity index (χ3n) is 4.19. The maximum absolute atomic E-state index is 12.4. The first-order chi connectivity index (χ1) is 12.2. The lowest BCUT2D eigenvalue weighted by atomic mass is 10.2. The van der Waals surface area contributed by atoms with Crippen molar-refractivity contribution in [3.8, 4) is 11.6 Å². The van der Waals surface area contributed by atoms with Crippen molar-refractivity contribution in [3.05, 3.63) is 42.6 Å². The van der Waals surface area contributed by atoms with Crippen molar-refractivity contribution in [1.29, 1.82) is 0 Å². The molecule has 0 unspecified atom stereocenters. The van der Waals surface area contributed by atoms with Crippen LogP contribution in [0.3, 0.4) is 0 Å². The van der Waals surface area contributed by atoms with Crippen molar-refractivity contribution < 1.29 is 14.3 Å². The summed E-state index contributed by atoms with van der Waals surface area (Å²) >= 11 is 0. The Morgan fingerprint density at radius 3 is 2.44 bits per heavy atom. The summed E-state index contributed by atoms with van der Waals surface area (Å²) < 4.78 is 10.4. The number of hydrogen-bond donors (Lipinski definition) is 1. The SMILES string of the molecule is COc1ccc(NC(=O)N2CCN(c3ccccc3OC)CC2)cn1. The van der Waals surface area contributed by atoms with Crippen molar-refractivity contribution in [1.82, 2.24) is 9.88 Å². The predicted molar refractivity (Wildman–Crippen MR) is 96.6 cm³/mol. The van der Waals surface area contributed by atoms with Gasteiger partial charge in [-0.25, -0.2) is 9.78 Å². The van der Waals surface area contributed by atoms with Crippen LogP contribution in [0.4, 0.5) is 16.2 Å². The van der Waals surface area contributed by atoms with E-state index in [9.17, 15) is 4.79 Å². The summed E-state index contributed by atoms with van der Waals surface area (Å²) in [6.45, 7) is 2.81. The Bertz CT molecular complexity index is 713. The second-order valence-corrected chi connectivity index (χ2v) is 5.67. The van der Waals surface area contributed by atoms with Gasteiger partial charge in [0.05, 0.1) is 31.8 Å². The fourth-order valence-corrected chi connectivity index (χ4v) is 2.82. The monoisotopic (exact) mass is 342 g/mol. The van der Waals surface area contributed by atoms with Gasteiger partial charge in [0, 0.05) is 32.2 Å². The first-order valence-electron chi connectivity index (χ1n) is 8.15. The van der Waals surface area contributed by atoms with E-state index in [4.69, 9.17) is 9.47 Å². The number of amides is 2. The van der Waals surface area contributed by atoms with E-state index in [-0.39, 0.29) is 6.03 Å². The Labute approximate surface area is 147 Å². The maximum atomic E-state index is 12.4. The highest BCUT2D eigenvalue weighted by Crippen LogP contribution is 2.28.